The summed E-state index contributed by atoms with van der Waals surface area (Å²) in [6.45, 7) is 6.35. The lowest BCUT2D eigenvalue weighted by Gasteiger charge is -2.18. The predicted octanol–water partition coefficient (Wildman–Crippen LogP) is 22.9. The quantitative estimate of drug-likeness (QED) is 0.0261. The average Bonchev–Trinajstić information content (AvgIpc) is 3.46. The number of allylic oxidation sites excluding steroid dienone is 22. The number of hydrogen-bond donors (Lipinski definition) is 0. The Morgan fingerprint density at radius 1 is 0.263 bits per heavy atom. The van der Waals surface area contributed by atoms with Crippen molar-refractivity contribution in [3.8, 4) is 0 Å². The van der Waals surface area contributed by atoms with E-state index in [2.05, 4.69) is 154 Å². The fraction of sp³-hybridized carbons (Fsp3) is 0.662. The molecule has 0 radical (unpaired) electrons. The van der Waals surface area contributed by atoms with E-state index < -0.39 is 6.10 Å². The molecular weight excluding hydrogens is 985 g/mol. The molecule has 0 aliphatic carbocycles. The molecule has 0 aromatic rings. The van der Waals surface area contributed by atoms with Gasteiger partial charge in [0, 0.05) is 19.3 Å². The monoisotopic (exact) mass is 1110 g/mol. The van der Waals surface area contributed by atoms with Gasteiger partial charge in [0.25, 0.3) is 0 Å². The molecule has 0 N–H and O–H groups in total. The Labute approximate surface area is 494 Å². The Morgan fingerprint density at radius 3 is 0.800 bits per heavy atom. The number of carbonyl (C=O) groups excluding carboxylic acids is 3. The van der Waals surface area contributed by atoms with Crippen molar-refractivity contribution in [2.75, 3.05) is 13.2 Å². The van der Waals surface area contributed by atoms with Crippen LogP contribution in [-0.4, -0.2) is 37.2 Å². The average molecular weight is 1110 g/mol. The van der Waals surface area contributed by atoms with E-state index in [4.69, 9.17) is 14.2 Å². The van der Waals surface area contributed by atoms with Gasteiger partial charge in [-0.25, -0.2) is 0 Å². The van der Waals surface area contributed by atoms with Crippen LogP contribution in [0, 0.1) is 0 Å². The Bertz CT molecular complexity index is 1700. The lowest BCUT2D eigenvalue weighted by atomic mass is 10.0. The number of hydrogen-bond acceptors (Lipinski definition) is 6. The summed E-state index contributed by atoms with van der Waals surface area (Å²) in [5.74, 6) is -0.946. The van der Waals surface area contributed by atoms with Crippen LogP contribution < -0.4 is 0 Å². The maximum Gasteiger partial charge on any atom is 0.306 e. The van der Waals surface area contributed by atoms with Crippen molar-refractivity contribution in [2.45, 2.75) is 303 Å². The molecule has 80 heavy (non-hydrogen) atoms. The van der Waals surface area contributed by atoms with Gasteiger partial charge in [0.1, 0.15) is 13.2 Å². The van der Waals surface area contributed by atoms with E-state index in [1.165, 1.54) is 122 Å². The van der Waals surface area contributed by atoms with Crippen molar-refractivity contribution >= 4 is 17.9 Å². The van der Waals surface area contributed by atoms with Crippen LogP contribution in [0.3, 0.4) is 0 Å². The Kier molecular flexibility index (Phi) is 63.3. The Balaban J connectivity index is 4.17. The number of esters is 3. The zero-order valence-electron chi connectivity index (χ0n) is 52.0. The third kappa shape index (κ3) is 64.4. The summed E-state index contributed by atoms with van der Waals surface area (Å²) >= 11 is 0. The molecule has 0 aromatic heterocycles. The van der Waals surface area contributed by atoms with Crippen LogP contribution in [0.2, 0.25) is 0 Å². The normalized spacial score (nSPS) is 13.0. The van der Waals surface area contributed by atoms with E-state index >= 15 is 0 Å². The maximum absolute atomic E-state index is 12.9. The third-order valence-electron chi connectivity index (χ3n) is 13.9. The molecular formula is C74H122O6. The van der Waals surface area contributed by atoms with E-state index in [1.54, 1.807) is 0 Å². The van der Waals surface area contributed by atoms with E-state index in [9.17, 15) is 14.4 Å². The second-order valence-corrected chi connectivity index (χ2v) is 21.6. The van der Waals surface area contributed by atoms with Crippen molar-refractivity contribution in [2.24, 2.45) is 0 Å². The largest absolute Gasteiger partial charge is 0.462 e. The summed E-state index contributed by atoms with van der Waals surface area (Å²) < 4.78 is 16.9. The zero-order chi connectivity index (χ0) is 57.8. The molecule has 0 rings (SSSR count). The molecule has 1 unspecified atom stereocenters. The highest BCUT2D eigenvalue weighted by Gasteiger charge is 2.19. The molecule has 0 saturated heterocycles. The summed E-state index contributed by atoms with van der Waals surface area (Å²) in [6.07, 6.45) is 94.9. The van der Waals surface area contributed by atoms with Crippen LogP contribution in [-0.2, 0) is 28.6 Å². The van der Waals surface area contributed by atoms with Gasteiger partial charge < -0.3 is 14.2 Å². The van der Waals surface area contributed by atoms with Crippen molar-refractivity contribution in [3.63, 3.8) is 0 Å². The van der Waals surface area contributed by atoms with Crippen molar-refractivity contribution in [1.82, 2.24) is 0 Å². The fourth-order valence-electron chi connectivity index (χ4n) is 8.96. The van der Waals surface area contributed by atoms with Gasteiger partial charge in [0.05, 0.1) is 0 Å². The van der Waals surface area contributed by atoms with E-state index in [0.717, 1.165) is 128 Å². The molecule has 6 nitrogen and oxygen atoms in total. The first-order chi connectivity index (χ1) is 39.5. The number of rotatable bonds is 59. The molecule has 0 aliphatic heterocycles. The smallest absolute Gasteiger partial charge is 0.306 e. The van der Waals surface area contributed by atoms with Gasteiger partial charge in [0.15, 0.2) is 6.10 Å². The molecule has 454 valence electrons. The van der Waals surface area contributed by atoms with Crippen molar-refractivity contribution in [1.29, 1.82) is 0 Å². The summed E-state index contributed by atoms with van der Waals surface area (Å²) in [6, 6.07) is 0. The first-order valence-electron chi connectivity index (χ1n) is 33.2. The molecule has 0 amide bonds. The molecule has 1 atom stereocenters. The minimum absolute atomic E-state index is 0.0980. The molecule has 0 aliphatic rings. The molecule has 0 spiro atoms. The second kappa shape index (κ2) is 67.1. The minimum atomic E-state index is -0.805. The van der Waals surface area contributed by atoms with Crippen LogP contribution >= 0.6 is 0 Å². The first-order valence-corrected chi connectivity index (χ1v) is 33.2. The lowest BCUT2D eigenvalue weighted by molar-refractivity contribution is -0.167. The summed E-state index contributed by atoms with van der Waals surface area (Å²) in [5, 5.41) is 0. The summed E-state index contributed by atoms with van der Waals surface area (Å²) in [5.41, 5.74) is 0. The van der Waals surface area contributed by atoms with Crippen LogP contribution in [0.4, 0.5) is 0 Å². The topological polar surface area (TPSA) is 78.9 Å². The van der Waals surface area contributed by atoms with Gasteiger partial charge >= 0.3 is 17.9 Å². The van der Waals surface area contributed by atoms with Crippen molar-refractivity contribution < 1.29 is 28.6 Å². The molecule has 0 saturated carbocycles. The van der Waals surface area contributed by atoms with E-state index in [0.29, 0.717) is 19.3 Å². The summed E-state index contributed by atoms with van der Waals surface area (Å²) in [7, 11) is 0. The first kappa shape index (κ1) is 75.5. The standard InChI is InChI=1S/C74H122O6/c1-4-7-10-13-16-19-22-25-27-28-29-30-31-32-33-34-35-36-37-38-39-40-41-42-43-44-45-46-48-49-52-55-58-61-64-67-73(76)79-70-71(69-78-72(75)66-63-60-57-54-51-24-21-18-15-12-9-6-3)80-74(77)68-65-62-59-56-53-50-47-26-23-20-17-14-11-8-5-2/h7-8,10-11,16-21,25-27,29-30,32-33,35-36,47,53,56,71H,4-6,9,12-15,22-24,28,31,34,37-46,48-52,54-55,57-70H2,1-3H3/b10-7-,11-8-,19-16-,20-17-,21-18-,27-25-,30-29-,33-32-,36-35-,47-26-,56-53-. The predicted molar refractivity (Wildman–Crippen MR) is 348 cm³/mol. The molecule has 6 heteroatoms. The second-order valence-electron chi connectivity index (χ2n) is 21.6. The summed E-state index contributed by atoms with van der Waals surface area (Å²) in [4.78, 5) is 38.2. The van der Waals surface area contributed by atoms with Gasteiger partial charge in [-0.05, 0) is 135 Å². The van der Waals surface area contributed by atoms with Gasteiger partial charge in [0.2, 0.25) is 0 Å². The molecule has 0 heterocycles. The van der Waals surface area contributed by atoms with E-state index in [1.807, 2.05) is 0 Å². The number of carbonyl (C=O) groups is 3. The van der Waals surface area contributed by atoms with Crippen LogP contribution in [0.5, 0.6) is 0 Å². The third-order valence-corrected chi connectivity index (χ3v) is 13.9. The molecule has 0 fully saturated rings. The number of ether oxygens (including phenoxy) is 3. The van der Waals surface area contributed by atoms with Gasteiger partial charge in [-0.2, -0.15) is 0 Å². The van der Waals surface area contributed by atoms with Crippen LogP contribution in [0.15, 0.2) is 134 Å². The number of unbranched alkanes of at least 4 members (excludes halogenated alkanes) is 26. The SMILES string of the molecule is CC/C=C\C/C=C\C/C=C\C/C=C\C/C=C\C/C=C\CCCCCCCCCCCCCCCCCCC(=O)OCC(COC(=O)CCCCCCC/C=C\CCCCC)OC(=O)CCCC/C=C\C/C=C\C/C=C\C/C=C\CC. The van der Waals surface area contributed by atoms with Crippen molar-refractivity contribution in [3.05, 3.63) is 134 Å². The van der Waals surface area contributed by atoms with E-state index in [-0.39, 0.29) is 37.5 Å². The highest BCUT2D eigenvalue weighted by molar-refractivity contribution is 5.71. The van der Waals surface area contributed by atoms with Gasteiger partial charge in [-0.1, -0.05) is 276 Å². The van der Waals surface area contributed by atoms with Gasteiger partial charge in [-0.3, -0.25) is 14.4 Å². The highest BCUT2D eigenvalue weighted by atomic mass is 16.6. The maximum atomic E-state index is 12.9. The fourth-order valence-corrected chi connectivity index (χ4v) is 8.96. The minimum Gasteiger partial charge on any atom is -0.462 e. The molecule has 0 aromatic carbocycles. The Morgan fingerprint density at radius 2 is 0.487 bits per heavy atom. The van der Waals surface area contributed by atoms with Crippen LogP contribution in [0.25, 0.3) is 0 Å². The van der Waals surface area contributed by atoms with Gasteiger partial charge in [-0.15, -0.1) is 0 Å². The Hall–Kier alpha value is -4.45. The molecule has 0 bridgehead atoms. The van der Waals surface area contributed by atoms with Crippen LogP contribution in [0.1, 0.15) is 297 Å². The highest BCUT2D eigenvalue weighted by Crippen LogP contribution is 2.16. The zero-order valence-corrected chi connectivity index (χ0v) is 52.0. The lowest BCUT2D eigenvalue weighted by Crippen LogP contribution is -2.30.